The Bertz CT molecular complexity index is 406. The van der Waals surface area contributed by atoms with Crippen LogP contribution in [0.2, 0.25) is 0 Å². The van der Waals surface area contributed by atoms with E-state index in [2.05, 4.69) is 4.99 Å². The van der Waals surface area contributed by atoms with Gasteiger partial charge in [0.15, 0.2) is 5.17 Å². The van der Waals surface area contributed by atoms with Crippen molar-refractivity contribution in [1.82, 2.24) is 4.90 Å². The summed E-state index contributed by atoms with van der Waals surface area (Å²) in [5.74, 6) is 0. The van der Waals surface area contributed by atoms with Gasteiger partial charge in [-0.2, -0.15) is 13.2 Å². The molecule has 2 heterocycles. The van der Waals surface area contributed by atoms with E-state index in [-0.39, 0.29) is 0 Å². The molecule has 116 valence electrons. The lowest BCUT2D eigenvalue weighted by Gasteiger charge is -2.39. The van der Waals surface area contributed by atoms with E-state index in [4.69, 9.17) is 4.74 Å². The first-order chi connectivity index (χ1) is 9.12. The first-order valence-electron chi connectivity index (χ1n) is 5.77. The summed E-state index contributed by atoms with van der Waals surface area (Å²) < 4.78 is 55.5. The van der Waals surface area contributed by atoms with Gasteiger partial charge in [0.25, 0.3) is 0 Å². The van der Waals surface area contributed by atoms with Crippen LogP contribution in [0.25, 0.3) is 0 Å². The maximum absolute atomic E-state index is 13.4. The Hall–Kier alpha value is -0.580. The summed E-state index contributed by atoms with van der Waals surface area (Å²) in [6.45, 7) is 0. The van der Waals surface area contributed by atoms with Crippen LogP contribution >= 0.6 is 11.8 Å². The number of alkyl halides is 4. The second-order valence-electron chi connectivity index (χ2n) is 4.81. The number of nitrogens with zero attached hydrogens (tertiary/aromatic N) is 2. The third-order valence-corrected chi connectivity index (χ3v) is 4.37. The summed E-state index contributed by atoms with van der Waals surface area (Å²) in [6.07, 6.45) is -14.3. The van der Waals surface area contributed by atoms with Crippen LogP contribution in [0.1, 0.15) is 0 Å². The summed E-state index contributed by atoms with van der Waals surface area (Å²) >= 11 is 0.989. The highest BCUT2D eigenvalue weighted by atomic mass is 32.2. The van der Waals surface area contributed by atoms with Gasteiger partial charge in [-0.05, 0) is 0 Å². The number of amidine groups is 1. The van der Waals surface area contributed by atoms with E-state index in [1.54, 1.807) is 19.0 Å². The Labute approximate surface area is 116 Å². The Morgan fingerprint density at radius 2 is 1.90 bits per heavy atom. The molecule has 1 saturated heterocycles. The van der Waals surface area contributed by atoms with Crippen LogP contribution in [0.3, 0.4) is 0 Å². The number of ether oxygens (including phenoxy) is 1. The summed E-state index contributed by atoms with van der Waals surface area (Å²) in [4.78, 5) is 5.66. The Kier molecular flexibility index (Phi) is 4.20. The molecule has 0 saturated carbocycles. The monoisotopic (exact) mass is 318 g/mol. The lowest BCUT2D eigenvalue weighted by atomic mass is 9.95. The van der Waals surface area contributed by atoms with Crippen molar-refractivity contribution in [2.45, 2.75) is 42.1 Å². The van der Waals surface area contributed by atoms with Crippen molar-refractivity contribution in [2.75, 3.05) is 14.1 Å². The molecule has 2 aliphatic rings. The highest BCUT2D eigenvalue weighted by Gasteiger charge is 2.57. The third-order valence-electron chi connectivity index (χ3n) is 3.07. The van der Waals surface area contributed by atoms with Gasteiger partial charge in [-0.15, -0.1) is 0 Å². The molecule has 0 aromatic carbocycles. The van der Waals surface area contributed by atoms with Crippen LogP contribution in [0.15, 0.2) is 4.99 Å². The number of fused-ring (bicyclic) bond motifs is 1. The van der Waals surface area contributed by atoms with Crippen molar-refractivity contribution in [3.8, 4) is 0 Å². The topological polar surface area (TPSA) is 65.3 Å². The quantitative estimate of drug-likeness (QED) is 0.684. The maximum Gasteiger partial charge on any atom is 0.422 e. The van der Waals surface area contributed by atoms with Gasteiger partial charge in [-0.3, -0.25) is 4.99 Å². The van der Waals surface area contributed by atoms with E-state index in [1.165, 1.54) is 0 Å². The van der Waals surface area contributed by atoms with Crippen LogP contribution in [-0.4, -0.2) is 76.5 Å². The van der Waals surface area contributed by atoms with E-state index in [0.717, 1.165) is 11.8 Å². The minimum Gasteiger partial charge on any atom is -0.388 e. The molecular formula is C10H14F4N2O3S. The fourth-order valence-corrected chi connectivity index (χ4v) is 3.17. The van der Waals surface area contributed by atoms with Gasteiger partial charge < -0.3 is 19.8 Å². The molecular weight excluding hydrogens is 304 g/mol. The smallest absolute Gasteiger partial charge is 0.388 e. The summed E-state index contributed by atoms with van der Waals surface area (Å²) in [5.41, 5.74) is -0.948. The van der Waals surface area contributed by atoms with E-state index < -0.39 is 42.1 Å². The molecule has 2 aliphatic heterocycles. The third kappa shape index (κ3) is 2.74. The van der Waals surface area contributed by atoms with Crippen molar-refractivity contribution < 1.29 is 32.5 Å². The van der Waals surface area contributed by atoms with Crippen molar-refractivity contribution >= 4 is 16.9 Å². The standard InChI is InChI=1S/C10H14F4N2O3S/c1-16(2)9-15-3-4(17)5(18)6(19-8(3)20-9)7(11)10(12,13)14/h3-8,17-18H,1-2H3/t3?,4?,5?,6?,7-,8?/m1/s1. The Balaban J connectivity index is 2.17. The van der Waals surface area contributed by atoms with E-state index >= 15 is 0 Å². The molecule has 0 amide bonds. The summed E-state index contributed by atoms with van der Waals surface area (Å²) in [6, 6.07) is -0.913. The predicted molar refractivity (Wildman–Crippen MR) is 64.1 cm³/mol. The molecule has 0 spiro atoms. The molecule has 2 N–H and O–H groups in total. The minimum atomic E-state index is -5.16. The first kappa shape index (κ1) is 15.8. The average molecular weight is 318 g/mol. The Morgan fingerprint density at radius 1 is 1.30 bits per heavy atom. The first-order valence-corrected chi connectivity index (χ1v) is 6.65. The molecule has 1 fully saturated rings. The van der Waals surface area contributed by atoms with Crippen LogP contribution in [0.4, 0.5) is 17.6 Å². The molecule has 0 bridgehead atoms. The van der Waals surface area contributed by atoms with Gasteiger partial charge in [0.1, 0.15) is 29.8 Å². The molecule has 20 heavy (non-hydrogen) atoms. The average Bonchev–Trinajstić information content (AvgIpc) is 2.76. The van der Waals surface area contributed by atoms with Gasteiger partial charge in [-0.1, -0.05) is 11.8 Å². The maximum atomic E-state index is 13.4. The van der Waals surface area contributed by atoms with Crippen LogP contribution in [-0.2, 0) is 4.74 Å². The van der Waals surface area contributed by atoms with E-state index in [9.17, 15) is 27.8 Å². The number of rotatable bonds is 1. The predicted octanol–water partition coefficient (Wildman–Crippen LogP) is 0.366. The van der Waals surface area contributed by atoms with Gasteiger partial charge in [0.2, 0.25) is 6.17 Å². The van der Waals surface area contributed by atoms with Gasteiger partial charge >= 0.3 is 6.18 Å². The molecule has 0 aliphatic carbocycles. The van der Waals surface area contributed by atoms with Gasteiger partial charge in [-0.25, -0.2) is 4.39 Å². The Morgan fingerprint density at radius 3 is 2.40 bits per heavy atom. The lowest BCUT2D eigenvalue weighted by molar-refractivity contribution is -0.251. The summed E-state index contributed by atoms with van der Waals surface area (Å²) in [7, 11) is 3.33. The molecule has 0 radical (unpaired) electrons. The van der Waals surface area contributed by atoms with E-state index in [1.807, 2.05) is 0 Å². The highest BCUT2D eigenvalue weighted by Crippen LogP contribution is 2.40. The van der Waals surface area contributed by atoms with Gasteiger partial charge in [0, 0.05) is 14.1 Å². The number of aliphatic hydroxyl groups is 2. The lowest BCUT2D eigenvalue weighted by Crippen LogP contribution is -2.59. The largest absolute Gasteiger partial charge is 0.422 e. The second kappa shape index (κ2) is 5.32. The molecule has 5 nitrogen and oxygen atoms in total. The minimum absolute atomic E-state index is 0.439. The molecule has 6 atom stereocenters. The molecule has 10 heteroatoms. The van der Waals surface area contributed by atoms with E-state index in [0.29, 0.717) is 5.17 Å². The molecule has 0 aromatic rings. The number of aliphatic imine (C=N–C) groups is 1. The fraction of sp³-hybridized carbons (Fsp3) is 0.900. The van der Waals surface area contributed by atoms with Crippen LogP contribution in [0, 0.1) is 0 Å². The number of halogens is 4. The molecule has 2 rings (SSSR count). The van der Waals surface area contributed by atoms with Crippen molar-refractivity contribution in [1.29, 1.82) is 0 Å². The van der Waals surface area contributed by atoms with Gasteiger partial charge in [0.05, 0.1) is 0 Å². The van der Waals surface area contributed by atoms with Crippen molar-refractivity contribution in [2.24, 2.45) is 4.99 Å². The zero-order valence-electron chi connectivity index (χ0n) is 10.6. The van der Waals surface area contributed by atoms with Crippen LogP contribution in [0.5, 0.6) is 0 Å². The number of hydrogen-bond acceptors (Lipinski definition) is 6. The second-order valence-corrected chi connectivity index (χ2v) is 5.87. The van der Waals surface area contributed by atoms with Crippen LogP contribution < -0.4 is 0 Å². The number of thioether (sulfide) groups is 1. The number of hydrogen-bond donors (Lipinski definition) is 2. The summed E-state index contributed by atoms with van der Waals surface area (Å²) in [5, 5.41) is 19.9. The van der Waals surface area contributed by atoms with Crippen molar-refractivity contribution in [3.63, 3.8) is 0 Å². The van der Waals surface area contributed by atoms with Crippen molar-refractivity contribution in [3.05, 3.63) is 0 Å². The highest BCUT2D eigenvalue weighted by molar-refractivity contribution is 8.14. The number of aliphatic hydroxyl groups excluding tert-OH is 2. The SMILES string of the molecule is CN(C)C1=NC2C(OC([C@@H](F)C(F)(F)F)C(O)C2O)S1. The normalized spacial score (nSPS) is 39.2. The fourth-order valence-electron chi connectivity index (χ4n) is 2.02. The molecule has 0 aromatic heterocycles. The molecule has 5 unspecified atom stereocenters. The zero-order valence-corrected chi connectivity index (χ0v) is 11.4. The zero-order chi connectivity index (χ0) is 15.2.